The Hall–Kier alpha value is -2.44. The first kappa shape index (κ1) is 17.0. The topological polar surface area (TPSA) is 49.4 Å². The number of imidazole rings is 1. The fourth-order valence-corrected chi connectivity index (χ4v) is 3.27. The van der Waals surface area contributed by atoms with Crippen LogP contribution in [-0.2, 0) is 16.0 Å². The Morgan fingerprint density at radius 3 is 2.85 bits per heavy atom. The normalized spacial score (nSPS) is 21.6. The van der Waals surface area contributed by atoms with E-state index in [0.29, 0.717) is 5.76 Å². The molecule has 0 N–H and O–H groups in total. The summed E-state index contributed by atoms with van der Waals surface area (Å²) < 4.78 is 33.2. The average Bonchev–Trinajstić information content (AvgIpc) is 3.35. The molecular weight excluding hydrogens is 335 g/mol. The van der Waals surface area contributed by atoms with Crippen molar-refractivity contribution in [3.63, 3.8) is 0 Å². The van der Waals surface area contributed by atoms with Crippen LogP contribution in [0.25, 0.3) is 0 Å². The number of hydrogen-bond donors (Lipinski definition) is 0. The van der Waals surface area contributed by atoms with Gasteiger partial charge in [0.2, 0.25) is 0 Å². The van der Waals surface area contributed by atoms with Gasteiger partial charge in [0.15, 0.2) is 6.29 Å². The quantitative estimate of drug-likeness (QED) is 0.660. The number of hydrogen-bond acceptors (Lipinski definition) is 4. The number of aromatic nitrogens is 2. The first-order valence-corrected chi connectivity index (χ1v) is 8.83. The van der Waals surface area contributed by atoms with E-state index in [1.165, 1.54) is 12.1 Å². The van der Waals surface area contributed by atoms with Gasteiger partial charge in [-0.25, -0.2) is 9.37 Å². The van der Waals surface area contributed by atoms with E-state index in [-0.39, 0.29) is 18.2 Å². The summed E-state index contributed by atoms with van der Waals surface area (Å²) in [6, 6.07) is 9.97. The van der Waals surface area contributed by atoms with Crippen molar-refractivity contribution >= 4 is 0 Å². The SMILES string of the molecule is Fc1ccc(C(OC2CCCC(Cn3ccnc3)O2)c2ccco2)cc1. The summed E-state index contributed by atoms with van der Waals surface area (Å²) in [4.78, 5) is 4.07. The number of nitrogens with zero attached hydrogens (tertiary/aromatic N) is 2. The van der Waals surface area contributed by atoms with E-state index >= 15 is 0 Å². The van der Waals surface area contributed by atoms with Gasteiger partial charge in [-0.2, -0.15) is 0 Å². The van der Waals surface area contributed by atoms with Crippen LogP contribution < -0.4 is 0 Å². The maximum atomic E-state index is 13.3. The highest BCUT2D eigenvalue weighted by molar-refractivity contribution is 5.25. The fraction of sp³-hybridized carbons (Fsp3) is 0.350. The first-order valence-electron chi connectivity index (χ1n) is 8.83. The molecule has 1 aliphatic heterocycles. The van der Waals surface area contributed by atoms with Crippen molar-refractivity contribution in [1.82, 2.24) is 9.55 Å². The molecule has 3 unspecified atom stereocenters. The predicted molar refractivity (Wildman–Crippen MR) is 92.8 cm³/mol. The van der Waals surface area contributed by atoms with Crippen LogP contribution in [-0.4, -0.2) is 21.9 Å². The van der Waals surface area contributed by atoms with Crippen LogP contribution in [0.5, 0.6) is 0 Å². The van der Waals surface area contributed by atoms with Gasteiger partial charge < -0.3 is 18.5 Å². The van der Waals surface area contributed by atoms with Gasteiger partial charge in [-0.1, -0.05) is 12.1 Å². The lowest BCUT2D eigenvalue weighted by Gasteiger charge is -2.32. The molecule has 1 saturated heterocycles. The summed E-state index contributed by atoms with van der Waals surface area (Å²) in [7, 11) is 0. The third kappa shape index (κ3) is 4.03. The molecular formula is C20H21FN2O3. The average molecular weight is 356 g/mol. The Morgan fingerprint density at radius 2 is 2.12 bits per heavy atom. The highest BCUT2D eigenvalue weighted by atomic mass is 19.1. The smallest absolute Gasteiger partial charge is 0.159 e. The maximum absolute atomic E-state index is 13.3. The molecule has 2 aromatic heterocycles. The first-order chi connectivity index (χ1) is 12.8. The Morgan fingerprint density at radius 1 is 1.23 bits per heavy atom. The summed E-state index contributed by atoms with van der Waals surface area (Å²) in [6.07, 6.45) is 9.23. The molecule has 5 nitrogen and oxygen atoms in total. The largest absolute Gasteiger partial charge is 0.466 e. The zero-order valence-corrected chi connectivity index (χ0v) is 14.3. The van der Waals surface area contributed by atoms with Gasteiger partial charge in [0.05, 0.1) is 18.7 Å². The standard InChI is InChI=1S/C20H21FN2O3/c21-16-8-6-15(7-9-16)20(18-4-2-12-24-18)26-19-5-1-3-17(25-19)13-23-11-10-22-14-23/h2,4,6-12,14,17,19-20H,1,3,5,13H2. The number of furan rings is 1. The highest BCUT2D eigenvalue weighted by Crippen LogP contribution is 2.32. The third-order valence-corrected chi connectivity index (χ3v) is 4.55. The minimum Gasteiger partial charge on any atom is -0.466 e. The molecule has 136 valence electrons. The van der Waals surface area contributed by atoms with Crippen LogP contribution in [0, 0.1) is 5.82 Å². The molecule has 0 spiro atoms. The van der Waals surface area contributed by atoms with Gasteiger partial charge in [-0.05, 0) is 49.1 Å². The molecule has 0 amide bonds. The lowest BCUT2D eigenvalue weighted by atomic mass is 10.1. The summed E-state index contributed by atoms with van der Waals surface area (Å²) in [5.74, 6) is 0.401. The van der Waals surface area contributed by atoms with E-state index in [4.69, 9.17) is 13.9 Å². The molecule has 26 heavy (non-hydrogen) atoms. The lowest BCUT2D eigenvalue weighted by molar-refractivity contribution is -0.214. The van der Waals surface area contributed by atoms with Crippen LogP contribution in [0.3, 0.4) is 0 Å². The van der Waals surface area contributed by atoms with Crippen LogP contribution in [0.15, 0.2) is 65.8 Å². The maximum Gasteiger partial charge on any atom is 0.159 e. The van der Waals surface area contributed by atoms with Crippen LogP contribution in [0.2, 0.25) is 0 Å². The third-order valence-electron chi connectivity index (χ3n) is 4.55. The van der Waals surface area contributed by atoms with Crippen molar-refractivity contribution in [1.29, 1.82) is 0 Å². The van der Waals surface area contributed by atoms with Crippen LogP contribution in [0.4, 0.5) is 4.39 Å². The molecule has 6 heteroatoms. The zero-order valence-electron chi connectivity index (χ0n) is 14.3. The lowest BCUT2D eigenvalue weighted by Crippen LogP contribution is -2.33. The van der Waals surface area contributed by atoms with Crippen LogP contribution >= 0.6 is 0 Å². The van der Waals surface area contributed by atoms with Crippen molar-refractivity contribution < 1.29 is 18.3 Å². The van der Waals surface area contributed by atoms with Gasteiger partial charge >= 0.3 is 0 Å². The van der Waals surface area contributed by atoms with E-state index in [9.17, 15) is 4.39 Å². The molecule has 1 fully saturated rings. The minimum absolute atomic E-state index is 0.0772. The Labute approximate surface area is 151 Å². The van der Waals surface area contributed by atoms with E-state index in [0.717, 1.165) is 31.4 Å². The number of halogens is 1. The zero-order chi connectivity index (χ0) is 17.8. The molecule has 1 aliphatic rings. The Bertz CT molecular complexity index is 787. The molecule has 4 rings (SSSR count). The number of ether oxygens (including phenoxy) is 2. The Balaban J connectivity index is 1.47. The van der Waals surface area contributed by atoms with Crippen molar-refractivity contribution in [3.8, 4) is 0 Å². The summed E-state index contributed by atoms with van der Waals surface area (Å²) in [5.41, 5.74) is 0.835. The number of rotatable bonds is 6. The molecule has 3 atom stereocenters. The van der Waals surface area contributed by atoms with Gasteiger partial charge in [0.25, 0.3) is 0 Å². The Kier molecular flexibility index (Phi) is 5.13. The second kappa shape index (κ2) is 7.85. The molecule has 3 aromatic rings. The summed E-state index contributed by atoms with van der Waals surface area (Å²) in [5, 5.41) is 0. The van der Waals surface area contributed by atoms with Crippen molar-refractivity contribution in [3.05, 3.63) is 78.5 Å². The van der Waals surface area contributed by atoms with Crippen molar-refractivity contribution in [2.24, 2.45) is 0 Å². The van der Waals surface area contributed by atoms with Gasteiger partial charge in [0, 0.05) is 18.9 Å². The van der Waals surface area contributed by atoms with Crippen molar-refractivity contribution in [2.75, 3.05) is 0 Å². The molecule has 1 aromatic carbocycles. The number of benzene rings is 1. The summed E-state index contributed by atoms with van der Waals surface area (Å²) in [6.45, 7) is 0.752. The van der Waals surface area contributed by atoms with Crippen LogP contribution in [0.1, 0.15) is 36.7 Å². The second-order valence-corrected chi connectivity index (χ2v) is 6.46. The molecule has 0 radical (unpaired) electrons. The fourth-order valence-electron chi connectivity index (χ4n) is 3.27. The molecule has 0 saturated carbocycles. The second-order valence-electron chi connectivity index (χ2n) is 6.46. The van der Waals surface area contributed by atoms with E-state index in [2.05, 4.69) is 4.98 Å². The van der Waals surface area contributed by atoms with E-state index in [1.807, 2.05) is 22.9 Å². The van der Waals surface area contributed by atoms with Gasteiger partial charge in [0.1, 0.15) is 17.7 Å². The predicted octanol–water partition coefficient (Wildman–Crippen LogP) is 4.32. The van der Waals surface area contributed by atoms with Crippen molar-refractivity contribution in [2.45, 2.75) is 44.3 Å². The van der Waals surface area contributed by atoms with E-state index < -0.39 is 6.10 Å². The van der Waals surface area contributed by atoms with Gasteiger partial charge in [-0.15, -0.1) is 0 Å². The van der Waals surface area contributed by atoms with E-state index in [1.54, 1.807) is 30.9 Å². The molecule has 3 heterocycles. The minimum atomic E-state index is -0.428. The summed E-state index contributed by atoms with van der Waals surface area (Å²) >= 11 is 0. The molecule has 0 bridgehead atoms. The molecule has 0 aliphatic carbocycles. The highest BCUT2D eigenvalue weighted by Gasteiger charge is 2.28. The monoisotopic (exact) mass is 356 g/mol. The van der Waals surface area contributed by atoms with Gasteiger partial charge in [-0.3, -0.25) is 0 Å².